The molecule has 0 aromatic carbocycles. The number of hydrogen-bond donors (Lipinski definition) is 1. The molecule has 1 N–H and O–H groups in total. The molecule has 0 unspecified atom stereocenters. The lowest BCUT2D eigenvalue weighted by molar-refractivity contribution is 0.119. The second-order valence-electron chi connectivity index (χ2n) is 2.68. The molecule has 0 aromatic rings. The van der Waals surface area contributed by atoms with Crippen LogP contribution in [0.25, 0.3) is 0 Å². The Morgan fingerprint density at radius 3 is 2.36 bits per heavy atom. The molecule has 0 bridgehead atoms. The summed E-state index contributed by atoms with van der Waals surface area (Å²) in [6.45, 7) is 3.62. The van der Waals surface area contributed by atoms with Gasteiger partial charge in [-0.25, -0.2) is 5.01 Å². The molecule has 1 heterocycles. The number of hydrazine groups is 1. The average Bonchev–Trinajstić information content (AvgIpc) is 1.93. The van der Waals surface area contributed by atoms with E-state index in [0.717, 1.165) is 26.2 Å². The first-order valence-electron chi connectivity index (χ1n) is 3.58. The summed E-state index contributed by atoms with van der Waals surface area (Å²) < 4.78 is 0. The molecule has 1 aliphatic heterocycles. The topological polar surface area (TPSA) is 35.6 Å². The Bertz CT molecular complexity index is 145. The van der Waals surface area contributed by atoms with Crippen molar-refractivity contribution in [1.29, 1.82) is 0 Å². The second kappa shape index (κ2) is 3.90. The minimum Gasteiger partial charge on any atom is -0.304 e. The monoisotopic (exact) mass is 177 g/mol. The van der Waals surface area contributed by atoms with Gasteiger partial charge >= 0.3 is 5.37 Å². The van der Waals surface area contributed by atoms with Crippen LogP contribution in [0.15, 0.2) is 0 Å². The fourth-order valence-electron chi connectivity index (χ4n) is 1.04. The SMILES string of the molecule is CN1CCN(NC(=O)Cl)CC1. The van der Waals surface area contributed by atoms with E-state index in [2.05, 4.69) is 17.4 Å². The van der Waals surface area contributed by atoms with Gasteiger partial charge in [0.05, 0.1) is 0 Å². The van der Waals surface area contributed by atoms with Crippen molar-refractivity contribution in [3.63, 3.8) is 0 Å². The van der Waals surface area contributed by atoms with Crippen LogP contribution in [0.1, 0.15) is 0 Å². The van der Waals surface area contributed by atoms with Gasteiger partial charge in [-0.2, -0.15) is 0 Å². The fourth-order valence-corrected chi connectivity index (χ4v) is 1.16. The van der Waals surface area contributed by atoms with Crippen LogP contribution >= 0.6 is 11.6 Å². The third-order valence-electron chi connectivity index (χ3n) is 1.75. The summed E-state index contributed by atoms with van der Waals surface area (Å²) in [4.78, 5) is 12.6. The molecule has 0 spiro atoms. The molecule has 0 saturated carbocycles. The first-order chi connectivity index (χ1) is 5.18. The molecule has 0 aromatic heterocycles. The molecule has 1 amide bonds. The molecule has 11 heavy (non-hydrogen) atoms. The highest BCUT2D eigenvalue weighted by Crippen LogP contribution is 1.95. The number of nitrogens with zero attached hydrogens (tertiary/aromatic N) is 2. The maximum Gasteiger partial charge on any atom is 0.328 e. The van der Waals surface area contributed by atoms with Crippen molar-refractivity contribution in [1.82, 2.24) is 15.3 Å². The second-order valence-corrected chi connectivity index (χ2v) is 3.02. The Balaban J connectivity index is 2.22. The Hall–Kier alpha value is -0.320. The summed E-state index contributed by atoms with van der Waals surface area (Å²) in [7, 11) is 2.06. The highest BCUT2D eigenvalue weighted by molar-refractivity contribution is 6.62. The molecular weight excluding hydrogens is 166 g/mol. The zero-order valence-electron chi connectivity index (χ0n) is 6.51. The quantitative estimate of drug-likeness (QED) is 0.456. The van der Waals surface area contributed by atoms with Gasteiger partial charge in [0.2, 0.25) is 0 Å². The number of halogens is 1. The summed E-state index contributed by atoms with van der Waals surface area (Å²) in [5.74, 6) is 0. The molecule has 1 fully saturated rings. The lowest BCUT2D eigenvalue weighted by Crippen LogP contribution is -2.51. The lowest BCUT2D eigenvalue weighted by atomic mass is 10.4. The van der Waals surface area contributed by atoms with Crippen LogP contribution in [-0.4, -0.2) is 48.5 Å². The van der Waals surface area contributed by atoms with Crippen molar-refractivity contribution in [2.45, 2.75) is 0 Å². The standard InChI is InChI=1S/C6H12ClN3O/c1-9-2-4-10(5-3-9)8-6(7)11/h2-5H2,1H3,(H,8,11). The summed E-state index contributed by atoms with van der Waals surface area (Å²) in [6.07, 6.45) is 0. The van der Waals surface area contributed by atoms with E-state index in [-0.39, 0.29) is 0 Å². The number of hydrogen-bond acceptors (Lipinski definition) is 3. The minimum atomic E-state index is -0.505. The van der Waals surface area contributed by atoms with Gasteiger partial charge in [-0.1, -0.05) is 0 Å². The van der Waals surface area contributed by atoms with Gasteiger partial charge in [0, 0.05) is 26.2 Å². The van der Waals surface area contributed by atoms with E-state index in [4.69, 9.17) is 11.6 Å². The summed E-state index contributed by atoms with van der Waals surface area (Å²) in [6, 6.07) is 0. The molecule has 1 aliphatic rings. The van der Waals surface area contributed by atoms with Crippen molar-refractivity contribution < 1.29 is 4.79 Å². The van der Waals surface area contributed by atoms with E-state index in [1.54, 1.807) is 0 Å². The van der Waals surface area contributed by atoms with Crippen molar-refractivity contribution in [3.8, 4) is 0 Å². The van der Waals surface area contributed by atoms with Crippen LogP contribution < -0.4 is 5.43 Å². The summed E-state index contributed by atoms with van der Waals surface area (Å²) >= 11 is 5.14. The molecular formula is C6H12ClN3O. The summed E-state index contributed by atoms with van der Waals surface area (Å²) in [5.41, 5.74) is 2.54. The van der Waals surface area contributed by atoms with E-state index >= 15 is 0 Å². The average molecular weight is 178 g/mol. The molecule has 4 nitrogen and oxygen atoms in total. The maximum atomic E-state index is 10.4. The molecule has 64 valence electrons. The van der Waals surface area contributed by atoms with Crippen LogP contribution in [-0.2, 0) is 0 Å². The summed E-state index contributed by atoms with van der Waals surface area (Å²) in [5, 5.41) is 1.32. The van der Waals surface area contributed by atoms with Gasteiger partial charge in [-0.05, 0) is 18.6 Å². The predicted octanol–water partition coefficient (Wildman–Crippen LogP) is 0.0972. The van der Waals surface area contributed by atoms with Gasteiger partial charge in [-0.3, -0.25) is 10.2 Å². The molecule has 1 saturated heterocycles. The largest absolute Gasteiger partial charge is 0.328 e. The van der Waals surface area contributed by atoms with Crippen LogP contribution in [0.4, 0.5) is 4.79 Å². The van der Waals surface area contributed by atoms with E-state index in [1.807, 2.05) is 5.01 Å². The van der Waals surface area contributed by atoms with E-state index in [9.17, 15) is 4.79 Å². The third kappa shape index (κ3) is 3.05. The number of nitrogens with one attached hydrogen (secondary N) is 1. The first-order valence-corrected chi connectivity index (χ1v) is 3.96. The zero-order valence-corrected chi connectivity index (χ0v) is 7.26. The Morgan fingerprint density at radius 1 is 1.36 bits per heavy atom. The van der Waals surface area contributed by atoms with E-state index < -0.39 is 5.37 Å². The zero-order chi connectivity index (χ0) is 8.27. The minimum absolute atomic E-state index is 0.505. The first kappa shape index (κ1) is 8.77. The van der Waals surface area contributed by atoms with Gasteiger partial charge < -0.3 is 4.90 Å². The Morgan fingerprint density at radius 2 is 1.91 bits per heavy atom. The van der Waals surface area contributed by atoms with Crippen LogP contribution in [0.2, 0.25) is 0 Å². The Kier molecular flexibility index (Phi) is 3.11. The van der Waals surface area contributed by atoms with Crippen LogP contribution in [0, 0.1) is 0 Å². The highest BCUT2D eigenvalue weighted by Gasteiger charge is 2.13. The number of rotatable bonds is 1. The van der Waals surface area contributed by atoms with E-state index in [1.165, 1.54) is 0 Å². The normalized spacial score (nSPS) is 21.6. The maximum absolute atomic E-state index is 10.4. The third-order valence-corrected chi connectivity index (χ3v) is 1.83. The van der Waals surface area contributed by atoms with Gasteiger partial charge in [0.25, 0.3) is 0 Å². The molecule has 0 atom stereocenters. The van der Waals surface area contributed by atoms with Crippen LogP contribution in [0.5, 0.6) is 0 Å². The lowest BCUT2D eigenvalue weighted by Gasteiger charge is -2.31. The number of amides is 1. The van der Waals surface area contributed by atoms with Crippen molar-refractivity contribution in [2.75, 3.05) is 33.2 Å². The molecule has 1 rings (SSSR count). The van der Waals surface area contributed by atoms with Crippen LogP contribution in [0.3, 0.4) is 0 Å². The van der Waals surface area contributed by atoms with Gasteiger partial charge in [0.1, 0.15) is 0 Å². The number of piperazine rings is 1. The van der Waals surface area contributed by atoms with Crippen molar-refractivity contribution in [2.24, 2.45) is 0 Å². The number of likely N-dealkylation sites (N-methyl/N-ethyl adjacent to an activating group) is 1. The van der Waals surface area contributed by atoms with Crippen molar-refractivity contribution >= 4 is 17.0 Å². The molecule has 0 aliphatic carbocycles. The van der Waals surface area contributed by atoms with Gasteiger partial charge in [0.15, 0.2) is 0 Å². The van der Waals surface area contributed by atoms with E-state index in [0.29, 0.717) is 0 Å². The molecule has 0 radical (unpaired) electrons. The Labute approximate surface area is 71.1 Å². The predicted molar refractivity (Wildman–Crippen MR) is 43.5 cm³/mol. The highest BCUT2D eigenvalue weighted by atomic mass is 35.5. The fraction of sp³-hybridized carbons (Fsp3) is 0.833. The number of carbonyl (C=O) groups is 1. The smallest absolute Gasteiger partial charge is 0.304 e. The molecule has 5 heteroatoms. The van der Waals surface area contributed by atoms with Crippen molar-refractivity contribution in [3.05, 3.63) is 0 Å². The number of carbonyl (C=O) groups excluding carboxylic acids is 1. The van der Waals surface area contributed by atoms with Gasteiger partial charge in [-0.15, -0.1) is 0 Å².